The Balaban J connectivity index is 1.96. The van der Waals surface area contributed by atoms with E-state index in [1.54, 1.807) is 11.1 Å². The summed E-state index contributed by atoms with van der Waals surface area (Å²) in [5, 5.41) is 0. The lowest BCUT2D eigenvalue weighted by Crippen LogP contribution is -2.04. The van der Waals surface area contributed by atoms with Crippen LogP contribution in [0.1, 0.15) is 39.0 Å². The second-order valence-corrected chi connectivity index (χ2v) is 5.36. The third-order valence-corrected chi connectivity index (χ3v) is 4.18. The lowest BCUT2D eigenvalue weighted by Gasteiger charge is -2.18. The Morgan fingerprint density at radius 1 is 1.13 bits per heavy atom. The van der Waals surface area contributed by atoms with E-state index in [9.17, 15) is 0 Å². The highest BCUT2D eigenvalue weighted by Crippen LogP contribution is 2.51. The molecule has 0 amide bonds. The quantitative estimate of drug-likeness (QED) is 0.548. The first-order valence-corrected chi connectivity index (χ1v) is 6.45. The van der Waals surface area contributed by atoms with Gasteiger partial charge in [0.1, 0.15) is 0 Å². The highest BCUT2D eigenvalue weighted by atomic mass is 14.4. The predicted octanol–water partition coefficient (Wildman–Crippen LogP) is 4.26. The van der Waals surface area contributed by atoms with E-state index in [1.807, 2.05) is 0 Å². The fourth-order valence-electron chi connectivity index (χ4n) is 3.07. The summed E-state index contributed by atoms with van der Waals surface area (Å²) in [5.74, 6) is 2.56. The number of hydrogen-bond donors (Lipinski definition) is 0. The van der Waals surface area contributed by atoms with E-state index >= 15 is 0 Å². The molecule has 0 heteroatoms. The van der Waals surface area contributed by atoms with Gasteiger partial charge in [0.05, 0.1) is 0 Å². The molecule has 1 saturated carbocycles. The van der Waals surface area contributed by atoms with Gasteiger partial charge >= 0.3 is 0 Å². The van der Waals surface area contributed by atoms with Gasteiger partial charge in [-0.2, -0.15) is 0 Å². The molecule has 15 heavy (non-hydrogen) atoms. The third kappa shape index (κ3) is 1.71. The van der Waals surface area contributed by atoms with Gasteiger partial charge in [0.2, 0.25) is 0 Å². The molecule has 3 aliphatic rings. The second-order valence-electron chi connectivity index (χ2n) is 5.36. The van der Waals surface area contributed by atoms with Gasteiger partial charge in [-0.25, -0.2) is 0 Å². The Morgan fingerprint density at radius 3 is 3.00 bits per heavy atom. The zero-order valence-electron chi connectivity index (χ0n) is 9.58. The zero-order chi connectivity index (χ0) is 10.3. The SMILES string of the molecule is CC1CCCC/C=C/C2=C1C=CC1CC21. The molecule has 0 aromatic heterocycles. The van der Waals surface area contributed by atoms with Crippen LogP contribution in [0.25, 0.3) is 0 Å². The van der Waals surface area contributed by atoms with E-state index < -0.39 is 0 Å². The molecule has 0 spiro atoms. The molecule has 3 aliphatic carbocycles. The van der Waals surface area contributed by atoms with Crippen LogP contribution in [0, 0.1) is 17.8 Å². The molecular formula is C15H20. The molecule has 0 saturated heterocycles. The third-order valence-electron chi connectivity index (χ3n) is 4.18. The fraction of sp³-hybridized carbons (Fsp3) is 0.600. The van der Waals surface area contributed by atoms with Crippen molar-refractivity contribution in [1.82, 2.24) is 0 Å². The monoisotopic (exact) mass is 200 g/mol. The smallest absolute Gasteiger partial charge is 0.00901 e. The fourth-order valence-corrected chi connectivity index (χ4v) is 3.07. The van der Waals surface area contributed by atoms with Crippen LogP contribution in [0.5, 0.6) is 0 Å². The number of fused-ring (bicyclic) bond motifs is 2. The highest BCUT2D eigenvalue weighted by Gasteiger charge is 2.40. The van der Waals surface area contributed by atoms with Crippen LogP contribution in [0.2, 0.25) is 0 Å². The summed E-state index contributed by atoms with van der Waals surface area (Å²) >= 11 is 0. The summed E-state index contributed by atoms with van der Waals surface area (Å²) < 4.78 is 0. The summed E-state index contributed by atoms with van der Waals surface area (Å²) in [4.78, 5) is 0. The van der Waals surface area contributed by atoms with Crippen LogP contribution in [0.3, 0.4) is 0 Å². The number of rotatable bonds is 0. The first kappa shape index (κ1) is 9.45. The minimum atomic E-state index is 0.778. The summed E-state index contributed by atoms with van der Waals surface area (Å²) in [6, 6.07) is 0. The Hall–Kier alpha value is -0.780. The number of allylic oxidation sites excluding steroid dienone is 6. The Labute approximate surface area is 92.8 Å². The molecule has 3 rings (SSSR count). The van der Waals surface area contributed by atoms with Gasteiger partial charge in [-0.15, -0.1) is 0 Å². The van der Waals surface area contributed by atoms with Crippen molar-refractivity contribution in [3.05, 3.63) is 35.5 Å². The molecule has 0 heterocycles. The van der Waals surface area contributed by atoms with Crippen LogP contribution in [0.15, 0.2) is 35.5 Å². The first-order chi connectivity index (χ1) is 7.36. The maximum Gasteiger partial charge on any atom is -0.00901 e. The van der Waals surface area contributed by atoms with E-state index in [2.05, 4.69) is 31.2 Å². The Kier molecular flexibility index (Phi) is 2.31. The van der Waals surface area contributed by atoms with Crippen molar-refractivity contribution in [2.24, 2.45) is 17.8 Å². The standard InChI is InChI=1S/C15H20/c1-11-6-4-2-3-5-7-14-13(11)9-8-12-10-15(12)14/h5,7-9,11-12,15H,2-4,6,10H2,1H3/b7-5+. The van der Waals surface area contributed by atoms with Gasteiger partial charge < -0.3 is 0 Å². The van der Waals surface area contributed by atoms with E-state index in [4.69, 9.17) is 0 Å². The lowest BCUT2D eigenvalue weighted by atomic mass is 9.87. The van der Waals surface area contributed by atoms with Gasteiger partial charge in [-0.3, -0.25) is 0 Å². The van der Waals surface area contributed by atoms with Crippen LogP contribution < -0.4 is 0 Å². The van der Waals surface area contributed by atoms with Crippen molar-refractivity contribution in [2.45, 2.75) is 39.0 Å². The molecule has 3 unspecified atom stereocenters. The van der Waals surface area contributed by atoms with Crippen LogP contribution in [-0.2, 0) is 0 Å². The number of hydrogen-bond acceptors (Lipinski definition) is 0. The van der Waals surface area contributed by atoms with E-state index in [0.29, 0.717) is 0 Å². The van der Waals surface area contributed by atoms with Gasteiger partial charge in [0, 0.05) is 0 Å². The molecular weight excluding hydrogens is 180 g/mol. The molecule has 80 valence electrons. The zero-order valence-corrected chi connectivity index (χ0v) is 9.58. The Bertz CT molecular complexity index is 343. The summed E-state index contributed by atoms with van der Waals surface area (Å²) in [7, 11) is 0. The van der Waals surface area contributed by atoms with Crippen molar-refractivity contribution in [3.63, 3.8) is 0 Å². The highest BCUT2D eigenvalue weighted by molar-refractivity contribution is 5.44. The Morgan fingerprint density at radius 2 is 2.07 bits per heavy atom. The van der Waals surface area contributed by atoms with Crippen LogP contribution in [-0.4, -0.2) is 0 Å². The minimum absolute atomic E-state index is 0.778. The lowest BCUT2D eigenvalue weighted by molar-refractivity contribution is 0.565. The van der Waals surface area contributed by atoms with Gasteiger partial charge in [0.25, 0.3) is 0 Å². The molecule has 0 radical (unpaired) electrons. The minimum Gasteiger partial charge on any atom is -0.0842 e. The van der Waals surface area contributed by atoms with Crippen molar-refractivity contribution in [3.8, 4) is 0 Å². The molecule has 0 N–H and O–H groups in total. The molecule has 0 aromatic rings. The maximum atomic E-state index is 2.45. The molecule has 0 aromatic carbocycles. The van der Waals surface area contributed by atoms with Gasteiger partial charge in [-0.05, 0) is 54.6 Å². The molecule has 0 nitrogen and oxygen atoms in total. The predicted molar refractivity (Wildman–Crippen MR) is 64.5 cm³/mol. The van der Waals surface area contributed by atoms with Crippen LogP contribution >= 0.6 is 0 Å². The molecule has 1 fully saturated rings. The van der Waals surface area contributed by atoms with Gasteiger partial charge in [0.15, 0.2) is 0 Å². The summed E-state index contributed by atoms with van der Waals surface area (Å²) in [6.45, 7) is 2.40. The van der Waals surface area contributed by atoms with E-state index in [1.165, 1.54) is 32.1 Å². The van der Waals surface area contributed by atoms with Crippen molar-refractivity contribution in [2.75, 3.05) is 0 Å². The van der Waals surface area contributed by atoms with Crippen molar-refractivity contribution >= 4 is 0 Å². The topological polar surface area (TPSA) is 0 Å². The maximum absolute atomic E-state index is 2.45. The van der Waals surface area contributed by atoms with Crippen molar-refractivity contribution < 1.29 is 0 Å². The molecule has 3 atom stereocenters. The van der Waals surface area contributed by atoms with E-state index in [0.717, 1.165) is 17.8 Å². The van der Waals surface area contributed by atoms with Crippen molar-refractivity contribution in [1.29, 1.82) is 0 Å². The second kappa shape index (κ2) is 3.66. The first-order valence-electron chi connectivity index (χ1n) is 6.45. The summed E-state index contributed by atoms with van der Waals surface area (Å²) in [6.07, 6.45) is 16.5. The average Bonchev–Trinajstić information content (AvgIpc) is 3.00. The normalized spacial score (nSPS) is 41.0. The molecule has 0 bridgehead atoms. The van der Waals surface area contributed by atoms with Crippen LogP contribution in [0.4, 0.5) is 0 Å². The average molecular weight is 200 g/mol. The van der Waals surface area contributed by atoms with Gasteiger partial charge in [-0.1, -0.05) is 37.6 Å². The molecule has 0 aliphatic heterocycles. The van der Waals surface area contributed by atoms with E-state index in [-0.39, 0.29) is 0 Å². The largest absolute Gasteiger partial charge is 0.0842 e. The summed E-state index contributed by atoms with van der Waals surface area (Å²) in [5.41, 5.74) is 3.32.